The van der Waals surface area contributed by atoms with Gasteiger partial charge in [0.1, 0.15) is 9.90 Å². The second kappa shape index (κ2) is 9.65. The molecule has 1 amide bonds. The third-order valence-corrected chi connectivity index (χ3v) is 9.22. The van der Waals surface area contributed by atoms with Gasteiger partial charge in [0.2, 0.25) is 0 Å². The van der Waals surface area contributed by atoms with Crippen LogP contribution >= 0.6 is 34.3 Å². The summed E-state index contributed by atoms with van der Waals surface area (Å²) >= 11 is 8.30. The third-order valence-electron chi connectivity index (χ3n) is 4.82. The molecule has 1 fully saturated rings. The highest BCUT2D eigenvalue weighted by Gasteiger charge is 2.32. The molecule has 1 saturated heterocycles. The summed E-state index contributed by atoms with van der Waals surface area (Å²) in [5.41, 5.74) is 0.378. The van der Waals surface area contributed by atoms with Gasteiger partial charge in [-0.2, -0.15) is 4.31 Å². The summed E-state index contributed by atoms with van der Waals surface area (Å²) in [7, 11) is -3.58. The van der Waals surface area contributed by atoms with E-state index in [1.807, 2.05) is 10.8 Å². The van der Waals surface area contributed by atoms with Gasteiger partial charge in [-0.05, 0) is 18.6 Å². The van der Waals surface area contributed by atoms with Crippen molar-refractivity contribution in [2.75, 3.05) is 38.0 Å². The van der Waals surface area contributed by atoms with Crippen LogP contribution in [0.15, 0.2) is 40.4 Å². The number of anilines is 1. The molecule has 0 atom stereocenters. The summed E-state index contributed by atoms with van der Waals surface area (Å²) in [6.07, 6.45) is 6.35. The van der Waals surface area contributed by atoms with Crippen LogP contribution in [0.2, 0.25) is 4.34 Å². The largest absolute Gasteiger partial charge is 0.361 e. The van der Waals surface area contributed by atoms with Gasteiger partial charge in [0, 0.05) is 57.0 Å². The van der Waals surface area contributed by atoms with Gasteiger partial charge in [0.15, 0.2) is 5.13 Å². The normalized spacial score (nSPS) is 15.3. The van der Waals surface area contributed by atoms with E-state index in [4.69, 9.17) is 11.6 Å². The zero-order valence-corrected chi connectivity index (χ0v) is 19.7. The monoisotopic (exact) mass is 500 g/mol. The number of nitrogens with zero attached hydrogens (tertiary/aromatic N) is 5. The molecule has 0 radical (unpaired) electrons. The molecule has 1 N–H and O–H groups in total. The van der Waals surface area contributed by atoms with Crippen molar-refractivity contribution < 1.29 is 13.2 Å². The van der Waals surface area contributed by atoms with E-state index in [2.05, 4.69) is 15.3 Å². The van der Waals surface area contributed by atoms with Crippen LogP contribution in [-0.4, -0.2) is 70.8 Å². The molecule has 0 spiro atoms. The first-order valence-electron chi connectivity index (χ1n) is 9.63. The molecule has 166 valence electrons. The summed E-state index contributed by atoms with van der Waals surface area (Å²) in [4.78, 5) is 22.8. The number of carbonyl (C=O) groups is 1. The van der Waals surface area contributed by atoms with Crippen molar-refractivity contribution in [1.29, 1.82) is 0 Å². The van der Waals surface area contributed by atoms with Crippen LogP contribution in [0.3, 0.4) is 0 Å². The van der Waals surface area contributed by atoms with Gasteiger partial charge < -0.3 is 14.8 Å². The summed E-state index contributed by atoms with van der Waals surface area (Å²) in [5, 5.41) is 5.67. The van der Waals surface area contributed by atoms with Gasteiger partial charge >= 0.3 is 0 Å². The van der Waals surface area contributed by atoms with Crippen LogP contribution in [0.1, 0.15) is 16.9 Å². The summed E-state index contributed by atoms with van der Waals surface area (Å²) < 4.78 is 29.5. The van der Waals surface area contributed by atoms with Crippen LogP contribution in [0.25, 0.3) is 0 Å². The topological polar surface area (TPSA) is 100 Å². The van der Waals surface area contributed by atoms with Gasteiger partial charge in [-0.1, -0.05) is 11.6 Å². The van der Waals surface area contributed by atoms with E-state index < -0.39 is 10.0 Å². The molecule has 0 aliphatic carbocycles. The molecule has 1 aliphatic rings. The molecule has 31 heavy (non-hydrogen) atoms. The highest BCUT2D eigenvalue weighted by molar-refractivity contribution is 7.91. The van der Waals surface area contributed by atoms with Gasteiger partial charge in [-0.25, -0.2) is 18.4 Å². The highest BCUT2D eigenvalue weighted by atomic mass is 35.5. The van der Waals surface area contributed by atoms with Gasteiger partial charge in [-0.3, -0.25) is 4.79 Å². The highest BCUT2D eigenvalue weighted by Crippen LogP contribution is 2.28. The van der Waals surface area contributed by atoms with Crippen molar-refractivity contribution in [3.8, 4) is 0 Å². The Kier molecular flexibility index (Phi) is 6.92. The first-order valence-corrected chi connectivity index (χ1v) is 13.1. The van der Waals surface area contributed by atoms with Crippen molar-refractivity contribution in [3.05, 3.63) is 46.3 Å². The Morgan fingerprint density at radius 2 is 2.03 bits per heavy atom. The summed E-state index contributed by atoms with van der Waals surface area (Å²) in [5.74, 6) is -0.182. The number of nitrogens with one attached hydrogen (secondary N) is 1. The molecule has 3 aromatic heterocycles. The summed E-state index contributed by atoms with van der Waals surface area (Å²) in [6, 6.07) is 3.09. The van der Waals surface area contributed by atoms with Crippen LogP contribution in [0, 0.1) is 0 Å². The lowest BCUT2D eigenvalue weighted by Crippen LogP contribution is -2.50. The van der Waals surface area contributed by atoms with Gasteiger partial charge in [0.05, 0.1) is 10.7 Å². The molecule has 0 aromatic carbocycles. The molecule has 0 saturated carbocycles. The van der Waals surface area contributed by atoms with Crippen molar-refractivity contribution in [2.45, 2.75) is 17.2 Å². The fraction of sp³-hybridized carbons (Fsp3) is 0.389. The molecule has 4 rings (SSSR count). The molecule has 0 unspecified atom stereocenters. The van der Waals surface area contributed by atoms with Crippen molar-refractivity contribution >= 4 is 55.3 Å². The van der Waals surface area contributed by atoms with E-state index in [0.717, 1.165) is 30.8 Å². The zero-order chi connectivity index (χ0) is 21.8. The molecule has 4 heterocycles. The molecule has 3 aromatic rings. The number of aromatic nitrogens is 3. The molecule has 1 aliphatic heterocycles. The number of thiazole rings is 1. The fourth-order valence-electron chi connectivity index (χ4n) is 3.19. The van der Waals surface area contributed by atoms with E-state index in [1.54, 1.807) is 28.9 Å². The van der Waals surface area contributed by atoms with Crippen molar-refractivity contribution in [3.63, 3.8) is 0 Å². The maximum atomic E-state index is 12.8. The van der Waals surface area contributed by atoms with E-state index in [1.165, 1.54) is 21.7 Å². The summed E-state index contributed by atoms with van der Waals surface area (Å²) in [6.45, 7) is 2.72. The first-order chi connectivity index (χ1) is 14.9. The average Bonchev–Trinajstić information content (AvgIpc) is 3.53. The number of hydrogen-bond donors (Lipinski definition) is 1. The number of rotatable bonds is 8. The second-order valence-corrected chi connectivity index (χ2v) is 11.6. The van der Waals surface area contributed by atoms with Crippen molar-refractivity contribution in [1.82, 2.24) is 23.7 Å². The van der Waals surface area contributed by atoms with Crippen molar-refractivity contribution in [2.24, 2.45) is 0 Å². The Morgan fingerprint density at radius 3 is 2.71 bits per heavy atom. The minimum atomic E-state index is -3.58. The lowest BCUT2D eigenvalue weighted by molar-refractivity contribution is 0.0693. The lowest BCUT2D eigenvalue weighted by atomic mass is 10.3. The smallest absolute Gasteiger partial charge is 0.273 e. The fourth-order valence-corrected chi connectivity index (χ4v) is 6.96. The predicted molar refractivity (Wildman–Crippen MR) is 121 cm³/mol. The molecule has 0 bridgehead atoms. The Morgan fingerprint density at radius 1 is 1.23 bits per heavy atom. The predicted octanol–water partition coefficient (Wildman–Crippen LogP) is 2.70. The number of halogens is 1. The molecule has 13 heteroatoms. The van der Waals surface area contributed by atoms with Crippen LogP contribution in [0.5, 0.6) is 0 Å². The number of thiophene rings is 1. The maximum absolute atomic E-state index is 12.8. The molecular weight excluding hydrogens is 480 g/mol. The number of piperazine rings is 1. The first kappa shape index (κ1) is 22.2. The van der Waals surface area contributed by atoms with Gasteiger partial charge in [0.25, 0.3) is 15.9 Å². The lowest BCUT2D eigenvalue weighted by Gasteiger charge is -2.33. The average molecular weight is 501 g/mol. The number of imidazole rings is 1. The zero-order valence-electron chi connectivity index (χ0n) is 16.5. The van der Waals surface area contributed by atoms with Crippen LogP contribution in [0.4, 0.5) is 5.13 Å². The van der Waals surface area contributed by atoms with E-state index in [-0.39, 0.29) is 23.2 Å². The minimum Gasteiger partial charge on any atom is -0.361 e. The van der Waals surface area contributed by atoms with Crippen LogP contribution in [-0.2, 0) is 16.6 Å². The standard InChI is InChI=1S/C18H21ClN6O3S3/c19-15-2-3-16(30-15)31(27,28)25-10-8-24(9-11-25)17(26)14-12-29-18(22-14)21-4-1-6-23-7-5-20-13-23/h2-3,5,7,12-13H,1,4,6,8-11H2,(H,21,22). The Hall–Kier alpha value is -1.99. The number of amides is 1. The maximum Gasteiger partial charge on any atom is 0.273 e. The number of hydrogen-bond acceptors (Lipinski definition) is 8. The molecular formula is C18H21ClN6O3S3. The van der Waals surface area contributed by atoms with E-state index in [9.17, 15) is 13.2 Å². The van der Waals surface area contributed by atoms with E-state index >= 15 is 0 Å². The number of aryl methyl sites for hydroxylation is 1. The third kappa shape index (κ3) is 5.26. The Labute approximate surface area is 193 Å². The number of carbonyl (C=O) groups excluding carboxylic acids is 1. The van der Waals surface area contributed by atoms with E-state index in [0.29, 0.717) is 28.3 Å². The quantitative estimate of drug-likeness (QED) is 0.477. The Balaban J connectivity index is 1.27. The second-order valence-electron chi connectivity index (χ2n) is 6.87. The minimum absolute atomic E-state index is 0.182. The van der Waals surface area contributed by atoms with Gasteiger partial charge in [-0.15, -0.1) is 22.7 Å². The molecule has 9 nitrogen and oxygen atoms in total. The Bertz CT molecular complexity index is 1120. The number of sulfonamides is 1. The SMILES string of the molecule is O=C(c1csc(NCCCn2ccnc2)n1)N1CCN(S(=O)(=O)c2ccc(Cl)s2)CC1. The van der Waals surface area contributed by atoms with Crippen LogP contribution < -0.4 is 5.32 Å².